The molecule has 1 heterocycles. The van der Waals surface area contributed by atoms with E-state index in [1.165, 1.54) is 31.2 Å². The molecule has 4 rings (SSSR count). The molecule has 0 unspecified atom stereocenters. The number of ether oxygens (including phenoxy) is 1. The van der Waals surface area contributed by atoms with E-state index < -0.39 is 0 Å². The highest BCUT2D eigenvalue weighted by atomic mass is 35.5. The molecule has 5 heteroatoms. The van der Waals surface area contributed by atoms with Gasteiger partial charge in [-0.1, -0.05) is 26.0 Å². The molecule has 0 atom stereocenters. The molecule has 150 valence electrons. The van der Waals surface area contributed by atoms with E-state index >= 15 is 0 Å². The molecule has 0 aliphatic heterocycles. The summed E-state index contributed by atoms with van der Waals surface area (Å²) in [6.07, 6.45) is 7.02. The van der Waals surface area contributed by atoms with Crippen molar-refractivity contribution in [3.8, 4) is 11.5 Å². The predicted octanol–water partition coefficient (Wildman–Crippen LogP) is 5.85. The molecule has 1 N–H and O–H groups in total. The van der Waals surface area contributed by atoms with Crippen molar-refractivity contribution in [2.45, 2.75) is 52.1 Å². The molecule has 2 aromatic carbocycles. The Balaban J connectivity index is 0.00000225. The lowest BCUT2D eigenvalue weighted by atomic mass is 9.75. The monoisotopic (exact) mass is 399 g/mol. The van der Waals surface area contributed by atoms with Crippen LogP contribution in [0.2, 0.25) is 0 Å². The van der Waals surface area contributed by atoms with Crippen LogP contribution >= 0.6 is 12.4 Å². The van der Waals surface area contributed by atoms with Gasteiger partial charge in [0.15, 0.2) is 0 Å². The zero-order valence-corrected chi connectivity index (χ0v) is 17.8. The lowest BCUT2D eigenvalue weighted by Crippen LogP contribution is -2.35. The molecule has 3 aromatic rings. The van der Waals surface area contributed by atoms with Gasteiger partial charge >= 0.3 is 0 Å². The molecular formula is C23H30ClN3O. The molecule has 0 amide bonds. The minimum atomic E-state index is 0. The van der Waals surface area contributed by atoms with Crippen molar-refractivity contribution in [2.24, 2.45) is 12.5 Å². The Morgan fingerprint density at radius 1 is 1.07 bits per heavy atom. The van der Waals surface area contributed by atoms with E-state index in [4.69, 9.17) is 4.74 Å². The SMILES string of the molecule is Cl.Cn1cnc2cc(Oc3ccc(CNC4CCC(C)(C)CC4)cc3)ccc21. The summed E-state index contributed by atoms with van der Waals surface area (Å²) in [7, 11) is 2.00. The Kier molecular flexibility index (Phi) is 6.31. The summed E-state index contributed by atoms with van der Waals surface area (Å²) in [5, 5.41) is 3.72. The van der Waals surface area contributed by atoms with Crippen LogP contribution in [-0.4, -0.2) is 15.6 Å². The van der Waals surface area contributed by atoms with Crippen molar-refractivity contribution in [1.29, 1.82) is 0 Å². The predicted molar refractivity (Wildman–Crippen MR) is 117 cm³/mol. The highest BCUT2D eigenvalue weighted by molar-refractivity contribution is 5.85. The number of imidazole rings is 1. The quantitative estimate of drug-likeness (QED) is 0.585. The van der Waals surface area contributed by atoms with Crippen LogP contribution in [0.25, 0.3) is 11.0 Å². The number of fused-ring (bicyclic) bond motifs is 1. The maximum Gasteiger partial charge on any atom is 0.129 e. The molecule has 0 bridgehead atoms. The molecule has 1 aliphatic rings. The van der Waals surface area contributed by atoms with Crippen molar-refractivity contribution in [1.82, 2.24) is 14.9 Å². The van der Waals surface area contributed by atoms with E-state index in [0.29, 0.717) is 11.5 Å². The first kappa shape index (κ1) is 20.7. The summed E-state index contributed by atoms with van der Waals surface area (Å²) in [6.45, 7) is 5.69. The molecular weight excluding hydrogens is 370 g/mol. The Bertz CT molecular complexity index is 907. The maximum atomic E-state index is 6.00. The molecule has 0 spiro atoms. The standard InChI is InChI=1S/C23H29N3O.ClH/c1-23(2)12-10-18(11-13-23)24-15-17-4-6-19(7-5-17)27-20-8-9-22-21(14-20)25-16-26(22)3;/h4-9,14,16,18,24H,10-13,15H2,1-3H3;1H. The van der Waals surface area contributed by atoms with Crippen LogP contribution in [0.3, 0.4) is 0 Å². The normalized spacial score (nSPS) is 16.7. The number of halogens is 1. The van der Waals surface area contributed by atoms with Gasteiger partial charge in [0.1, 0.15) is 11.5 Å². The average molecular weight is 400 g/mol. The Morgan fingerprint density at radius 2 is 1.75 bits per heavy atom. The van der Waals surface area contributed by atoms with Crippen LogP contribution in [0.15, 0.2) is 48.8 Å². The van der Waals surface area contributed by atoms with Gasteiger partial charge in [-0.25, -0.2) is 4.98 Å². The van der Waals surface area contributed by atoms with E-state index in [-0.39, 0.29) is 12.4 Å². The molecule has 1 aromatic heterocycles. The van der Waals surface area contributed by atoms with Crippen molar-refractivity contribution < 1.29 is 4.74 Å². The minimum Gasteiger partial charge on any atom is -0.457 e. The van der Waals surface area contributed by atoms with Crippen molar-refractivity contribution in [3.05, 3.63) is 54.4 Å². The topological polar surface area (TPSA) is 39.1 Å². The Hall–Kier alpha value is -2.04. The smallest absolute Gasteiger partial charge is 0.129 e. The number of nitrogens with one attached hydrogen (secondary N) is 1. The van der Waals surface area contributed by atoms with E-state index in [2.05, 4.69) is 36.3 Å². The summed E-state index contributed by atoms with van der Waals surface area (Å²) in [5.41, 5.74) is 3.88. The molecule has 0 saturated heterocycles. The highest BCUT2D eigenvalue weighted by Gasteiger charge is 2.26. The fourth-order valence-electron chi connectivity index (χ4n) is 3.86. The van der Waals surface area contributed by atoms with Crippen LogP contribution in [0.4, 0.5) is 0 Å². The summed E-state index contributed by atoms with van der Waals surface area (Å²) in [5.74, 6) is 1.67. The summed E-state index contributed by atoms with van der Waals surface area (Å²) in [6, 6.07) is 15.1. The third-order valence-electron chi connectivity index (χ3n) is 5.79. The van der Waals surface area contributed by atoms with Crippen LogP contribution in [0.1, 0.15) is 45.1 Å². The van der Waals surface area contributed by atoms with Crippen molar-refractivity contribution >= 4 is 23.4 Å². The number of nitrogens with zero attached hydrogens (tertiary/aromatic N) is 2. The fourth-order valence-corrected chi connectivity index (χ4v) is 3.86. The molecule has 0 radical (unpaired) electrons. The van der Waals surface area contributed by atoms with E-state index in [1.54, 1.807) is 0 Å². The van der Waals surface area contributed by atoms with Gasteiger partial charge in [0.05, 0.1) is 17.4 Å². The van der Waals surface area contributed by atoms with Crippen LogP contribution in [0, 0.1) is 5.41 Å². The first-order valence-corrected chi connectivity index (χ1v) is 9.90. The molecule has 1 aliphatic carbocycles. The molecule has 28 heavy (non-hydrogen) atoms. The highest BCUT2D eigenvalue weighted by Crippen LogP contribution is 2.35. The Morgan fingerprint density at radius 3 is 2.46 bits per heavy atom. The van der Waals surface area contributed by atoms with E-state index in [0.717, 1.165) is 29.1 Å². The second kappa shape index (κ2) is 8.54. The number of hydrogen-bond donors (Lipinski definition) is 1. The average Bonchev–Trinajstić information content (AvgIpc) is 3.02. The maximum absolute atomic E-state index is 6.00. The largest absolute Gasteiger partial charge is 0.457 e. The van der Waals surface area contributed by atoms with Gasteiger partial charge in [0, 0.05) is 25.7 Å². The van der Waals surface area contributed by atoms with Gasteiger partial charge in [0.25, 0.3) is 0 Å². The van der Waals surface area contributed by atoms with Crippen LogP contribution in [-0.2, 0) is 13.6 Å². The first-order chi connectivity index (χ1) is 13.0. The number of aryl methyl sites for hydroxylation is 1. The van der Waals surface area contributed by atoms with Gasteiger partial charge in [-0.15, -0.1) is 12.4 Å². The van der Waals surface area contributed by atoms with Crippen molar-refractivity contribution in [3.63, 3.8) is 0 Å². The van der Waals surface area contributed by atoms with Crippen molar-refractivity contribution in [2.75, 3.05) is 0 Å². The number of rotatable bonds is 5. The zero-order chi connectivity index (χ0) is 18.9. The molecule has 1 fully saturated rings. The number of benzene rings is 2. The summed E-state index contributed by atoms with van der Waals surface area (Å²) < 4.78 is 8.01. The van der Waals surface area contributed by atoms with Crippen LogP contribution < -0.4 is 10.1 Å². The third kappa shape index (κ3) is 4.86. The van der Waals surface area contributed by atoms with Gasteiger partial charge in [-0.3, -0.25) is 0 Å². The van der Waals surface area contributed by atoms with Crippen LogP contribution in [0.5, 0.6) is 11.5 Å². The second-order valence-corrected chi connectivity index (χ2v) is 8.57. The Labute approximate surface area is 173 Å². The second-order valence-electron chi connectivity index (χ2n) is 8.57. The molecule has 4 nitrogen and oxygen atoms in total. The van der Waals surface area contributed by atoms with Gasteiger partial charge in [-0.05, 0) is 60.9 Å². The van der Waals surface area contributed by atoms with Gasteiger partial charge in [-0.2, -0.15) is 0 Å². The first-order valence-electron chi connectivity index (χ1n) is 9.90. The lowest BCUT2D eigenvalue weighted by molar-refractivity contribution is 0.206. The number of aromatic nitrogens is 2. The van der Waals surface area contributed by atoms with E-state index in [1.807, 2.05) is 48.3 Å². The fraction of sp³-hybridized carbons (Fsp3) is 0.435. The third-order valence-corrected chi connectivity index (χ3v) is 5.79. The molecule has 1 saturated carbocycles. The van der Waals surface area contributed by atoms with Gasteiger partial charge < -0.3 is 14.6 Å². The minimum absolute atomic E-state index is 0. The zero-order valence-electron chi connectivity index (χ0n) is 16.9. The number of hydrogen-bond acceptors (Lipinski definition) is 3. The summed E-state index contributed by atoms with van der Waals surface area (Å²) >= 11 is 0. The van der Waals surface area contributed by atoms with E-state index in [9.17, 15) is 0 Å². The lowest BCUT2D eigenvalue weighted by Gasteiger charge is -2.34. The summed E-state index contributed by atoms with van der Waals surface area (Å²) in [4.78, 5) is 4.39. The van der Waals surface area contributed by atoms with Gasteiger partial charge in [0.2, 0.25) is 0 Å².